The molecule has 1 aromatic carbocycles. The van der Waals surface area contributed by atoms with Gasteiger partial charge in [-0.15, -0.1) is 0 Å². The molecule has 142 valence electrons. The summed E-state index contributed by atoms with van der Waals surface area (Å²) < 4.78 is 14.6. The maximum Gasteiger partial charge on any atom is 0.272 e. The molecule has 2 aliphatic heterocycles. The zero-order chi connectivity index (χ0) is 19.0. The van der Waals surface area contributed by atoms with E-state index in [0.29, 0.717) is 38.2 Å². The predicted octanol–water partition coefficient (Wildman–Crippen LogP) is 1.63. The number of benzene rings is 1. The van der Waals surface area contributed by atoms with E-state index >= 15 is 0 Å². The maximum atomic E-state index is 12.9. The minimum absolute atomic E-state index is 0.0471. The molecule has 2 aromatic rings. The van der Waals surface area contributed by atoms with Crippen molar-refractivity contribution in [3.63, 3.8) is 0 Å². The molecule has 27 heavy (non-hydrogen) atoms. The third-order valence-electron chi connectivity index (χ3n) is 5.42. The molecule has 3 heterocycles. The number of aromatic nitrogens is 2. The lowest BCUT2D eigenvalue weighted by Gasteiger charge is -2.43. The lowest BCUT2D eigenvalue weighted by Crippen LogP contribution is -2.56. The largest absolute Gasteiger partial charge is 0.337 e. The highest BCUT2D eigenvalue weighted by Gasteiger charge is 2.54. The fourth-order valence-corrected chi connectivity index (χ4v) is 5.71. The van der Waals surface area contributed by atoms with E-state index in [0.717, 1.165) is 5.69 Å². The van der Waals surface area contributed by atoms with Gasteiger partial charge >= 0.3 is 0 Å². The molecular formula is C19H22N4O3S. The number of anilines is 1. The first-order valence-electron chi connectivity index (χ1n) is 9.14. The number of para-hydroxylation sites is 1. The summed E-state index contributed by atoms with van der Waals surface area (Å²) in [5, 5.41) is 4.16. The van der Waals surface area contributed by atoms with Gasteiger partial charge in [0.05, 0.1) is 10.8 Å². The molecular weight excluding hydrogens is 364 g/mol. The van der Waals surface area contributed by atoms with Gasteiger partial charge in [0.25, 0.3) is 5.91 Å². The van der Waals surface area contributed by atoms with Crippen molar-refractivity contribution in [2.75, 3.05) is 23.7 Å². The van der Waals surface area contributed by atoms with Gasteiger partial charge < -0.3 is 4.90 Å². The fourth-order valence-electron chi connectivity index (χ4n) is 4.04. The molecule has 2 saturated heterocycles. The molecule has 8 heteroatoms. The van der Waals surface area contributed by atoms with E-state index in [4.69, 9.17) is 0 Å². The highest BCUT2D eigenvalue weighted by Crippen LogP contribution is 2.40. The van der Waals surface area contributed by atoms with Gasteiger partial charge in [-0.2, -0.15) is 5.10 Å². The molecule has 4 rings (SSSR count). The van der Waals surface area contributed by atoms with Crippen molar-refractivity contribution < 1.29 is 13.8 Å². The average molecular weight is 386 g/mol. The van der Waals surface area contributed by atoms with Gasteiger partial charge in [-0.05, 0) is 25.1 Å². The lowest BCUT2D eigenvalue weighted by atomic mass is 10.0. The van der Waals surface area contributed by atoms with E-state index in [1.54, 1.807) is 26.7 Å². The second kappa shape index (κ2) is 6.92. The zero-order valence-corrected chi connectivity index (χ0v) is 16.0. The number of hydrogen-bond donors (Lipinski definition) is 0. The number of aryl methyl sites for hydroxylation is 1. The summed E-state index contributed by atoms with van der Waals surface area (Å²) in [6.45, 7) is 3.51. The molecule has 2 amide bonds. The molecule has 0 aliphatic carbocycles. The minimum atomic E-state index is -1.28. The lowest BCUT2D eigenvalue weighted by molar-refractivity contribution is -0.116. The third-order valence-corrected chi connectivity index (χ3v) is 7.36. The minimum Gasteiger partial charge on any atom is -0.337 e. The Labute approximate surface area is 160 Å². The Kier molecular flexibility index (Phi) is 4.59. The average Bonchev–Trinajstić information content (AvgIpc) is 3.25. The summed E-state index contributed by atoms with van der Waals surface area (Å²) >= 11 is 0. The van der Waals surface area contributed by atoms with Gasteiger partial charge in [-0.25, -0.2) is 0 Å². The van der Waals surface area contributed by atoms with Crippen LogP contribution in [0.2, 0.25) is 0 Å². The molecule has 0 saturated carbocycles. The van der Waals surface area contributed by atoms with Crippen molar-refractivity contribution in [2.45, 2.75) is 31.2 Å². The SMILES string of the molecule is CCn1nccc1C(=O)N1CCC2(CC1)N(c1ccccc1)C(=O)CS2=O. The van der Waals surface area contributed by atoms with E-state index in [1.165, 1.54) is 0 Å². The van der Waals surface area contributed by atoms with Crippen LogP contribution in [0.15, 0.2) is 42.6 Å². The normalized spacial score (nSPS) is 21.8. The Hall–Kier alpha value is -2.48. The summed E-state index contributed by atoms with van der Waals surface area (Å²) in [6, 6.07) is 11.1. The Morgan fingerprint density at radius 2 is 1.89 bits per heavy atom. The van der Waals surface area contributed by atoms with E-state index in [9.17, 15) is 13.8 Å². The first kappa shape index (κ1) is 17.9. The van der Waals surface area contributed by atoms with Crippen molar-refractivity contribution in [2.24, 2.45) is 0 Å². The van der Waals surface area contributed by atoms with Crippen LogP contribution in [0, 0.1) is 0 Å². The van der Waals surface area contributed by atoms with E-state index in [1.807, 2.05) is 37.3 Å². The standard InChI is InChI=1S/C19H22N4O3S/c1-2-22-16(8-11-20-22)18(25)21-12-9-19(10-13-21)23(17(24)14-27(19)26)15-6-4-3-5-7-15/h3-8,11H,2,9-10,12-14H2,1H3. The van der Waals surface area contributed by atoms with Crippen LogP contribution in [0.4, 0.5) is 5.69 Å². The number of piperidine rings is 1. The van der Waals surface area contributed by atoms with Gasteiger partial charge in [0.1, 0.15) is 16.3 Å². The van der Waals surface area contributed by atoms with Crippen molar-refractivity contribution >= 4 is 28.3 Å². The third kappa shape index (κ3) is 2.88. The number of likely N-dealkylation sites (tertiary alicyclic amines) is 1. The molecule has 0 radical (unpaired) electrons. The van der Waals surface area contributed by atoms with E-state index in [2.05, 4.69) is 5.10 Å². The Morgan fingerprint density at radius 1 is 1.19 bits per heavy atom. The van der Waals surface area contributed by atoms with E-state index in [-0.39, 0.29) is 17.6 Å². The van der Waals surface area contributed by atoms with Crippen LogP contribution in [0.3, 0.4) is 0 Å². The van der Waals surface area contributed by atoms with Crippen LogP contribution >= 0.6 is 0 Å². The van der Waals surface area contributed by atoms with Gasteiger partial charge in [0.15, 0.2) is 0 Å². The molecule has 1 atom stereocenters. The smallest absolute Gasteiger partial charge is 0.272 e. The van der Waals surface area contributed by atoms with Gasteiger partial charge in [-0.1, -0.05) is 18.2 Å². The molecule has 1 aromatic heterocycles. The van der Waals surface area contributed by atoms with Crippen LogP contribution in [-0.4, -0.2) is 54.4 Å². The van der Waals surface area contributed by atoms with Crippen LogP contribution in [-0.2, 0) is 22.1 Å². The number of carbonyl (C=O) groups is 2. The van der Waals surface area contributed by atoms with Gasteiger partial charge in [0, 0.05) is 44.4 Å². The second-order valence-electron chi connectivity index (χ2n) is 6.83. The second-order valence-corrected chi connectivity index (χ2v) is 8.56. The predicted molar refractivity (Wildman–Crippen MR) is 103 cm³/mol. The highest BCUT2D eigenvalue weighted by molar-refractivity contribution is 7.88. The summed E-state index contributed by atoms with van der Waals surface area (Å²) in [7, 11) is -1.28. The first-order valence-corrected chi connectivity index (χ1v) is 10.5. The number of amides is 2. The van der Waals surface area contributed by atoms with Crippen LogP contribution in [0.25, 0.3) is 0 Å². The van der Waals surface area contributed by atoms with Gasteiger partial charge in [0.2, 0.25) is 5.91 Å². The van der Waals surface area contributed by atoms with E-state index < -0.39 is 15.7 Å². The molecule has 1 unspecified atom stereocenters. The Morgan fingerprint density at radius 3 is 2.56 bits per heavy atom. The van der Waals surface area contributed by atoms with Crippen molar-refractivity contribution in [1.29, 1.82) is 0 Å². The fraction of sp³-hybridized carbons (Fsp3) is 0.421. The number of carbonyl (C=O) groups excluding carboxylic acids is 2. The monoisotopic (exact) mass is 386 g/mol. The number of rotatable bonds is 3. The first-order chi connectivity index (χ1) is 13.1. The van der Waals surface area contributed by atoms with Crippen LogP contribution in [0.5, 0.6) is 0 Å². The summed E-state index contributed by atoms with van der Waals surface area (Å²) in [5.74, 6) is -0.125. The summed E-state index contributed by atoms with van der Waals surface area (Å²) in [6.07, 6.45) is 2.64. The maximum absolute atomic E-state index is 12.9. The Bertz CT molecular complexity index is 887. The summed E-state index contributed by atoms with van der Waals surface area (Å²) in [5.41, 5.74) is 1.34. The topological polar surface area (TPSA) is 75.5 Å². The quantitative estimate of drug-likeness (QED) is 0.804. The van der Waals surface area contributed by atoms with Crippen molar-refractivity contribution in [3.05, 3.63) is 48.3 Å². The van der Waals surface area contributed by atoms with Crippen LogP contribution in [0.1, 0.15) is 30.3 Å². The molecule has 0 N–H and O–H groups in total. The Balaban J connectivity index is 1.57. The highest BCUT2D eigenvalue weighted by atomic mass is 32.2. The molecule has 1 spiro atoms. The molecule has 2 aliphatic rings. The summed E-state index contributed by atoms with van der Waals surface area (Å²) in [4.78, 5) is 28.2. The zero-order valence-electron chi connectivity index (χ0n) is 15.2. The van der Waals surface area contributed by atoms with Crippen molar-refractivity contribution in [1.82, 2.24) is 14.7 Å². The van der Waals surface area contributed by atoms with Gasteiger partial charge in [-0.3, -0.25) is 23.4 Å². The van der Waals surface area contributed by atoms with Crippen molar-refractivity contribution in [3.8, 4) is 0 Å². The molecule has 2 fully saturated rings. The number of nitrogens with zero attached hydrogens (tertiary/aromatic N) is 4. The number of hydrogen-bond acceptors (Lipinski definition) is 4. The van der Waals surface area contributed by atoms with Crippen LogP contribution < -0.4 is 4.90 Å². The molecule has 7 nitrogen and oxygen atoms in total. The molecule has 0 bridgehead atoms.